The SMILES string of the molecule is C#CCCCCCCCC[C@@H]1C[C@@H]2CCC[C@@H](C[C@H](OC)C[C@@H]3C[C@@H](OC(=O)/C=C\CCc4coc(/C=C\CNC(=O)OC)n4)C[C@H](CC(=O)O1)O3)O2. The van der Waals surface area contributed by atoms with Crippen molar-refractivity contribution < 1.29 is 47.2 Å². The van der Waals surface area contributed by atoms with Crippen molar-refractivity contribution in [3.05, 3.63) is 36.1 Å². The normalized spacial score (nSPS) is 26.7. The fourth-order valence-corrected chi connectivity index (χ4v) is 7.40. The van der Waals surface area contributed by atoms with Crippen LogP contribution in [0.2, 0.25) is 0 Å². The number of esters is 2. The number of hydrogen-bond donors (Lipinski definition) is 1. The highest BCUT2D eigenvalue weighted by molar-refractivity contribution is 5.82. The molecule has 0 aliphatic carbocycles. The van der Waals surface area contributed by atoms with E-state index in [9.17, 15) is 14.4 Å². The van der Waals surface area contributed by atoms with E-state index in [-0.39, 0.29) is 49.5 Å². The van der Waals surface area contributed by atoms with Crippen molar-refractivity contribution in [2.45, 2.75) is 165 Å². The maximum atomic E-state index is 13.4. The highest BCUT2D eigenvalue weighted by atomic mass is 16.6. The number of ether oxygens (including phenoxy) is 6. The van der Waals surface area contributed by atoms with Crippen molar-refractivity contribution in [2.75, 3.05) is 20.8 Å². The van der Waals surface area contributed by atoms with E-state index in [1.165, 1.54) is 19.6 Å². The van der Waals surface area contributed by atoms with Gasteiger partial charge in [0.25, 0.3) is 0 Å². The number of fused-ring (bicyclic) bond motifs is 4. The number of unbranched alkanes of at least 4 members (excludes halogenated alkanes) is 6. The van der Waals surface area contributed by atoms with Gasteiger partial charge in [0.1, 0.15) is 18.5 Å². The molecule has 3 aliphatic rings. The molecular formula is C41H60N2O10. The minimum absolute atomic E-state index is 0.0714. The summed E-state index contributed by atoms with van der Waals surface area (Å²) in [6, 6.07) is 0. The molecule has 0 aromatic carbocycles. The molecule has 1 aromatic heterocycles. The predicted molar refractivity (Wildman–Crippen MR) is 199 cm³/mol. The van der Waals surface area contributed by atoms with Crippen LogP contribution in [-0.2, 0) is 44.4 Å². The highest BCUT2D eigenvalue weighted by Crippen LogP contribution is 2.32. The minimum Gasteiger partial charge on any atom is -0.462 e. The summed E-state index contributed by atoms with van der Waals surface area (Å²) in [6.45, 7) is 0.285. The molecule has 3 saturated heterocycles. The van der Waals surface area contributed by atoms with E-state index in [0.29, 0.717) is 44.4 Å². The molecule has 12 nitrogen and oxygen atoms in total. The van der Waals surface area contributed by atoms with E-state index in [1.54, 1.807) is 31.6 Å². The van der Waals surface area contributed by atoms with E-state index in [1.807, 2.05) is 0 Å². The lowest BCUT2D eigenvalue weighted by Crippen LogP contribution is -2.42. The first-order valence-electron chi connectivity index (χ1n) is 19.6. The summed E-state index contributed by atoms with van der Waals surface area (Å²) in [6.07, 6.45) is 27.4. The lowest BCUT2D eigenvalue weighted by molar-refractivity contribution is -0.171. The molecular weight excluding hydrogens is 680 g/mol. The molecule has 4 rings (SSSR count). The van der Waals surface area contributed by atoms with Gasteiger partial charge in [-0.25, -0.2) is 14.6 Å². The average molecular weight is 741 g/mol. The van der Waals surface area contributed by atoms with Crippen LogP contribution in [-0.4, -0.2) is 86.5 Å². The van der Waals surface area contributed by atoms with Crippen LogP contribution >= 0.6 is 0 Å². The molecule has 294 valence electrons. The van der Waals surface area contributed by atoms with Gasteiger partial charge in [0.05, 0.1) is 49.7 Å². The Bertz CT molecular complexity index is 1350. The maximum Gasteiger partial charge on any atom is 0.407 e. The third kappa shape index (κ3) is 16.5. The molecule has 3 fully saturated rings. The average Bonchev–Trinajstić information content (AvgIpc) is 3.59. The van der Waals surface area contributed by atoms with Crippen LogP contribution in [0.4, 0.5) is 4.79 Å². The van der Waals surface area contributed by atoms with Gasteiger partial charge in [-0.15, -0.1) is 12.3 Å². The van der Waals surface area contributed by atoms with Gasteiger partial charge >= 0.3 is 18.0 Å². The largest absolute Gasteiger partial charge is 0.462 e. The van der Waals surface area contributed by atoms with Gasteiger partial charge in [-0.1, -0.05) is 37.8 Å². The molecule has 12 heteroatoms. The molecule has 0 unspecified atom stereocenters. The quantitative estimate of drug-likeness (QED) is 0.0570. The van der Waals surface area contributed by atoms with Crippen LogP contribution in [0.5, 0.6) is 0 Å². The molecule has 0 radical (unpaired) electrons. The first kappa shape index (κ1) is 42.1. The van der Waals surface area contributed by atoms with Gasteiger partial charge in [0, 0.05) is 45.4 Å². The van der Waals surface area contributed by atoms with Crippen molar-refractivity contribution in [1.29, 1.82) is 0 Å². The van der Waals surface area contributed by atoms with Crippen LogP contribution in [0, 0.1) is 12.3 Å². The number of alkyl carbamates (subject to hydrolysis) is 1. The molecule has 1 amide bonds. The Morgan fingerprint density at radius 2 is 1.66 bits per heavy atom. The second-order valence-corrected chi connectivity index (χ2v) is 14.4. The summed E-state index contributed by atoms with van der Waals surface area (Å²) >= 11 is 0. The third-order valence-electron chi connectivity index (χ3n) is 10.1. The summed E-state index contributed by atoms with van der Waals surface area (Å²) in [5.41, 5.74) is 0.737. The Kier molecular flexibility index (Phi) is 19.0. The van der Waals surface area contributed by atoms with Gasteiger partial charge in [0.2, 0.25) is 5.89 Å². The monoisotopic (exact) mass is 740 g/mol. The number of aryl methyl sites for hydroxylation is 1. The topological polar surface area (TPSA) is 145 Å². The lowest BCUT2D eigenvalue weighted by atomic mass is 9.91. The van der Waals surface area contributed by atoms with Gasteiger partial charge in [-0.05, 0) is 70.3 Å². The number of methoxy groups -OCH3 is 2. The zero-order chi connectivity index (χ0) is 37.7. The standard InChI is InChI=1S/C41H60N2O10/c1-4-5-6-7-8-9-10-11-17-33-23-31-18-14-19-32(50-31)24-34(47-2)25-35-26-36(27-37(51-35)28-40(45)52-33)53-39(44)21-13-12-16-30-29-49-38(43-30)20-15-22-42-41(46)48-3/h1,13,15,20-21,29,31-37H,5-12,14,16-19,22-28H2,2-3H3,(H,42,46)/b20-15-,21-13-/t31-,32-,33+,34-,35+,36+,37+/m0/s1. The van der Waals surface area contributed by atoms with Crippen molar-refractivity contribution in [3.63, 3.8) is 0 Å². The fraction of sp³-hybridized carbons (Fsp3) is 0.707. The predicted octanol–water partition coefficient (Wildman–Crippen LogP) is 7.18. The van der Waals surface area contributed by atoms with Crippen LogP contribution in [0.25, 0.3) is 6.08 Å². The van der Waals surface area contributed by atoms with Gasteiger partial charge in [-0.3, -0.25) is 4.79 Å². The Hall–Kier alpha value is -3.66. The van der Waals surface area contributed by atoms with Crippen LogP contribution in [0.15, 0.2) is 28.9 Å². The number of carbonyl (C=O) groups excluding carboxylic acids is 3. The zero-order valence-electron chi connectivity index (χ0n) is 31.7. The van der Waals surface area contributed by atoms with Crippen molar-refractivity contribution in [1.82, 2.24) is 10.3 Å². The molecule has 4 heterocycles. The van der Waals surface area contributed by atoms with Crippen molar-refractivity contribution in [3.8, 4) is 12.3 Å². The Balaban J connectivity index is 1.29. The number of allylic oxidation sites excluding steroid dienone is 1. The van der Waals surface area contributed by atoms with E-state index >= 15 is 0 Å². The van der Waals surface area contributed by atoms with Crippen LogP contribution < -0.4 is 5.32 Å². The number of cyclic esters (lactones) is 1. The van der Waals surface area contributed by atoms with Crippen LogP contribution in [0.3, 0.4) is 0 Å². The van der Waals surface area contributed by atoms with E-state index in [2.05, 4.69) is 21.0 Å². The second-order valence-electron chi connectivity index (χ2n) is 14.4. The number of carbonyl (C=O) groups is 3. The van der Waals surface area contributed by atoms with Crippen LogP contribution in [0.1, 0.15) is 127 Å². The third-order valence-corrected chi connectivity index (χ3v) is 10.1. The summed E-state index contributed by atoms with van der Waals surface area (Å²) < 4.78 is 41.0. The first-order chi connectivity index (χ1) is 25.8. The number of amides is 1. The number of rotatable bonds is 17. The molecule has 4 bridgehead atoms. The van der Waals surface area contributed by atoms with Gasteiger partial charge < -0.3 is 38.2 Å². The lowest BCUT2D eigenvalue weighted by Gasteiger charge is -2.38. The first-order valence-corrected chi connectivity index (χ1v) is 19.6. The number of aromatic nitrogens is 1. The number of terminal acetylenes is 1. The molecule has 0 saturated carbocycles. The van der Waals surface area contributed by atoms with E-state index in [4.69, 9.17) is 34.5 Å². The van der Waals surface area contributed by atoms with E-state index in [0.717, 1.165) is 76.3 Å². The minimum atomic E-state index is -0.517. The van der Waals surface area contributed by atoms with Gasteiger partial charge in [-0.2, -0.15) is 0 Å². The summed E-state index contributed by atoms with van der Waals surface area (Å²) in [5, 5.41) is 2.54. The highest BCUT2D eigenvalue weighted by Gasteiger charge is 2.37. The number of nitrogens with one attached hydrogen (secondary N) is 1. The summed E-state index contributed by atoms with van der Waals surface area (Å²) in [7, 11) is 3.02. The molecule has 1 N–H and O–H groups in total. The van der Waals surface area contributed by atoms with E-state index < -0.39 is 24.3 Å². The zero-order valence-corrected chi connectivity index (χ0v) is 31.7. The Morgan fingerprint density at radius 3 is 2.45 bits per heavy atom. The summed E-state index contributed by atoms with van der Waals surface area (Å²) in [5.74, 6) is 2.41. The molecule has 0 spiro atoms. The van der Waals surface area contributed by atoms with Gasteiger partial charge in [0.15, 0.2) is 0 Å². The molecule has 1 aromatic rings. The number of hydrogen-bond acceptors (Lipinski definition) is 11. The molecule has 53 heavy (non-hydrogen) atoms. The van der Waals surface area contributed by atoms with Crippen molar-refractivity contribution >= 4 is 24.1 Å². The molecule has 3 aliphatic heterocycles. The smallest absolute Gasteiger partial charge is 0.407 e. The molecule has 7 atom stereocenters. The number of oxazole rings is 1. The Morgan fingerprint density at radius 1 is 0.943 bits per heavy atom. The fourth-order valence-electron chi connectivity index (χ4n) is 7.40. The second kappa shape index (κ2) is 23.9. The van der Waals surface area contributed by atoms with Crippen molar-refractivity contribution in [2.24, 2.45) is 0 Å². The Labute approximate surface area is 315 Å². The maximum absolute atomic E-state index is 13.4. The number of nitrogens with zero attached hydrogens (tertiary/aromatic N) is 1. The summed E-state index contributed by atoms with van der Waals surface area (Å²) in [4.78, 5) is 41.8.